The van der Waals surface area contributed by atoms with Gasteiger partial charge in [-0.1, -0.05) is 13.3 Å². The molecule has 1 aliphatic heterocycles. The van der Waals surface area contributed by atoms with E-state index in [1.807, 2.05) is 0 Å². The van der Waals surface area contributed by atoms with E-state index >= 15 is 0 Å². The van der Waals surface area contributed by atoms with E-state index in [0.29, 0.717) is 25.7 Å². The third-order valence-corrected chi connectivity index (χ3v) is 3.26. The number of carbonyl (C=O) groups is 1. The van der Waals surface area contributed by atoms with Gasteiger partial charge < -0.3 is 20.9 Å². The van der Waals surface area contributed by atoms with Crippen molar-refractivity contribution in [2.45, 2.75) is 32.2 Å². The molecule has 5 heteroatoms. The Hall–Kier alpha value is -0.650. The van der Waals surface area contributed by atoms with Crippen LogP contribution in [0.3, 0.4) is 0 Å². The minimum absolute atomic E-state index is 0.0194. The van der Waals surface area contributed by atoms with Gasteiger partial charge in [-0.15, -0.1) is 0 Å². The molecule has 100 valence electrons. The van der Waals surface area contributed by atoms with Gasteiger partial charge in [0.1, 0.15) is 0 Å². The maximum atomic E-state index is 11.8. The van der Waals surface area contributed by atoms with Crippen molar-refractivity contribution in [1.82, 2.24) is 5.32 Å². The Kier molecular flexibility index (Phi) is 6.47. The molecular weight excluding hydrogens is 220 g/mol. The lowest BCUT2D eigenvalue weighted by Crippen LogP contribution is -2.42. The van der Waals surface area contributed by atoms with Crippen molar-refractivity contribution >= 4 is 5.91 Å². The van der Waals surface area contributed by atoms with Crippen LogP contribution in [0.2, 0.25) is 0 Å². The summed E-state index contributed by atoms with van der Waals surface area (Å²) in [6, 6.07) is -0.183. The summed E-state index contributed by atoms with van der Waals surface area (Å²) in [7, 11) is 0. The highest BCUT2D eigenvalue weighted by Crippen LogP contribution is 2.13. The van der Waals surface area contributed by atoms with Crippen LogP contribution in [0, 0.1) is 11.8 Å². The first-order valence-corrected chi connectivity index (χ1v) is 6.40. The summed E-state index contributed by atoms with van der Waals surface area (Å²) in [5.74, 6) is 0.118. The van der Waals surface area contributed by atoms with Gasteiger partial charge in [-0.2, -0.15) is 0 Å². The normalized spacial score (nSPS) is 25.8. The van der Waals surface area contributed by atoms with Gasteiger partial charge in [-0.25, -0.2) is 0 Å². The van der Waals surface area contributed by atoms with E-state index in [4.69, 9.17) is 15.6 Å². The second-order valence-electron chi connectivity index (χ2n) is 4.72. The molecule has 0 aliphatic carbocycles. The van der Waals surface area contributed by atoms with Crippen LogP contribution in [0.5, 0.6) is 0 Å². The van der Waals surface area contributed by atoms with Crippen LogP contribution in [0.25, 0.3) is 0 Å². The zero-order chi connectivity index (χ0) is 12.7. The molecule has 1 saturated heterocycles. The predicted octanol–water partition coefficient (Wildman–Crippen LogP) is -0.125. The van der Waals surface area contributed by atoms with E-state index < -0.39 is 0 Å². The fourth-order valence-electron chi connectivity index (χ4n) is 2.16. The number of carbonyl (C=O) groups excluding carboxylic acids is 1. The Morgan fingerprint density at radius 3 is 2.82 bits per heavy atom. The minimum atomic E-state index is -0.216. The van der Waals surface area contributed by atoms with Crippen LogP contribution < -0.4 is 11.1 Å². The highest BCUT2D eigenvalue weighted by Gasteiger charge is 2.31. The Bertz CT molecular complexity index is 230. The van der Waals surface area contributed by atoms with Gasteiger partial charge in [0.2, 0.25) is 5.91 Å². The second kappa shape index (κ2) is 7.63. The van der Waals surface area contributed by atoms with Crippen molar-refractivity contribution in [3.8, 4) is 0 Å². The lowest BCUT2D eigenvalue weighted by atomic mass is 9.99. The molecular formula is C12H24N2O3. The molecule has 1 heterocycles. The lowest BCUT2D eigenvalue weighted by molar-refractivity contribution is -0.125. The van der Waals surface area contributed by atoms with E-state index in [9.17, 15) is 4.79 Å². The van der Waals surface area contributed by atoms with E-state index in [2.05, 4.69) is 12.2 Å². The fourth-order valence-corrected chi connectivity index (χ4v) is 2.16. The van der Waals surface area contributed by atoms with Crippen LogP contribution >= 0.6 is 0 Å². The predicted molar refractivity (Wildman–Crippen MR) is 65.4 cm³/mol. The smallest absolute Gasteiger partial charge is 0.227 e. The van der Waals surface area contributed by atoms with Crippen molar-refractivity contribution < 1.29 is 14.6 Å². The minimum Gasteiger partial charge on any atom is -0.396 e. The summed E-state index contributed by atoms with van der Waals surface area (Å²) in [5.41, 5.74) is 5.78. The maximum Gasteiger partial charge on any atom is 0.227 e. The van der Waals surface area contributed by atoms with E-state index in [-0.39, 0.29) is 24.5 Å². The number of nitrogens with one attached hydrogen (secondary N) is 1. The number of aliphatic hydroxyl groups is 1. The van der Waals surface area contributed by atoms with Crippen LogP contribution in [0.4, 0.5) is 0 Å². The number of rotatable bonds is 7. The molecule has 1 amide bonds. The second-order valence-corrected chi connectivity index (χ2v) is 4.72. The third-order valence-electron chi connectivity index (χ3n) is 3.26. The Morgan fingerprint density at radius 2 is 2.29 bits per heavy atom. The molecule has 1 aliphatic rings. The summed E-state index contributed by atoms with van der Waals surface area (Å²) in [5, 5.41) is 11.8. The molecule has 4 N–H and O–H groups in total. The van der Waals surface area contributed by atoms with Crippen LogP contribution in [-0.2, 0) is 9.53 Å². The van der Waals surface area contributed by atoms with Crippen molar-refractivity contribution in [3.05, 3.63) is 0 Å². The van der Waals surface area contributed by atoms with Crippen LogP contribution in [0.15, 0.2) is 0 Å². The zero-order valence-corrected chi connectivity index (χ0v) is 10.5. The highest BCUT2D eigenvalue weighted by atomic mass is 16.5. The lowest BCUT2D eigenvalue weighted by Gasteiger charge is -2.18. The first-order valence-electron chi connectivity index (χ1n) is 6.40. The molecule has 0 bridgehead atoms. The summed E-state index contributed by atoms with van der Waals surface area (Å²) in [6.07, 6.45) is 2.82. The Labute approximate surface area is 103 Å². The standard InChI is InChI=1S/C12H24N2O3/c1-2-3-9(4-5-15)6-14-12(16)10-7-17-8-11(10)13/h9-11,15H,2-8,13H2,1H3,(H,14,16). The molecule has 3 atom stereocenters. The fraction of sp³-hybridized carbons (Fsp3) is 0.917. The van der Waals surface area contributed by atoms with Crippen molar-refractivity contribution in [3.63, 3.8) is 0 Å². The van der Waals surface area contributed by atoms with Crippen molar-refractivity contribution in [1.29, 1.82) is 0 Å². The van der Waals surface area contributed by atoms with Gasteiger partial charge in [0.05, 0.1) is 19.1 Å². The summed E-state index contributed by atoms with van der Waals surface area (Å²) in [6.45, 7) is 3.79. The van der Waals surface area contributed by atoms with Gasteiger partial charge in [-0.05, 0) is 18.8 Å². The average molecular weight is 244 g/mol. The largest absolute Gasteiger partial charge is 0.396 e. The molecule has 3 unspecified atom stereocenters. The molecule has 0 saturated carbocycles. The Morgan fingerprint density at radius 1 is 1.53 bits per heavy atom. The number of hydrogen-bond donors (Lipinski definition) is 3. The van der Waals surface area contributed by atoms with Gasteiger partial charge in [0.25, 0.3) is 0 Å². The molecule has 0 radical (unpaired) electrons. The monoisotopic (exact) mass is 244 g/mol. The van der Waals surface area contributed by atoms with E-state index in [1.54, 1.807) is 0 Å². The Balaban J connectivity index is 2.29. The number of nitrogens with two attached hydrogens (primary N) is 1. The molecule has 0 aromatic rings. The van der Waals surface area contributed by atoms with Gasteiger partial charge in [0, 0.05) is 19.2 Å². The van der Waals surface area contributed by atoms with Crippen molar-refractivity contribution in [2.75, 3.05) is 26.4 Å². The van der Waals surface area contributed by atoms with Crippen LogP contribution in [0.1, 0.15) is 26.2 Å². The highest BCUT2D eigenvalue weighted by molar-refractivity contribution is 5.79. The molecule has 0 spiro atoms. The first-order chi connectivity index (χ1) is 8.19. The quantitative estimate of drug-likeness (QED) is 0.582. The van der Waals surface area contributed by atoms with E-state index in [1.165, 1.54) is 0 Å². The summed E-state index contributed by atoms with van der Waals surface area (Å²) >= 11 is 0. The van der Waals surface area contributed by atoms with Crippen LogP contribution in [-0.4, -0.2) is 43.4 Å². The number of hydrogen-bond acceptors (Lipinski definition) is 4. The number of amides is 1. The molecule has 1 rings (SSSR count). The molecule has 5 nitrogen and oxygen atoms in total. The number of ether oxygens (including phenoxy) is 1. The summed E-state index contributed by atoms with van der Waals surface area (Å²) < 4.78 is 5.17. The zero-order valence-electron chi connectivity index (χ0n) is 10.5. The SMILES string of the molecule is CCCC(CCO)CNC(=O)C1COCC1N. The first kappa shape index (κ1) is 14.4. The number of aliphatic hydroxyl groups excluding tert-OH is 1. The maximum absolute atomic E-state index is 11.8. The summed E-state index contributed by atoms with van der Waals surface area (Å²) in [4.78, 5) is 11.8. The molecule has 0 aromatic heterocycles. The van der Waals surface area contributed by atoms with E-state index in [0.717, 1.165) is 19.3 Å². The molecule has 1 fully saturated rings. The third kappa shape index (κ3) is 4.61. The van der Waals surface area contributed by atoms with Crippen molar-refractivity contribution in [2.24, 2.45) is 17.6 Å². The molecule has 17 heavy (non-hydrogen) atoms. The topological polar surface area (TPSA) is 84.6 Å². The van der Waals surface area contributed by atoms with Gasteiger partial charge in [-0.3, -0.25) is 4.79 Å². The average Bonchev–Trinajstić information content (AvgIpc) is 2.72. The molecule has 0 aromatic carbocycles. The van der Waals surface area contributed by atoms with Gasteiger partial charge in [0.15, 0.2) is 0 Å². The van der Waals surface area contributed by atoms with Gasteiger partial charge >= 0.3 is 0 Å².